The van der Waals surface area contributed by atoms with Gasteiger partial charge in [-0.05, 0) is 37.1 Å². The van der Waals surface area contributed by atoms with Crippen molar-refractivity contribution >= 4 is 5.69 Å². The molecule has 2 saturated heterocycles. The van der Waals surface area contributed by atoms with Crippen molar-refractivity contribution in [1.82, 2.24) is 14.9 Å². The number of nitrogens with zero attached hydrogens (tertiary/aromatic N) is 3. The summed E-state index contributed by atoms with van der Waals surface area (Å²) in [6.45, 7) is 4.98. The number of nitrogens with one attached hydrogen (secondary N) is 1. The monoisotopic (exact) mass is 312 g/mol. The summed E-state index contributed by atoms with van der Waals surface area (Å²) in [5.74, 6) is 0. The number of H-pyrrole nitrogens is 1. The molecule has 0 amide bonds. The van der Waals surface area contributed by atoms with E-state index in [0.717, 1.165) is 45.6 Å². The van der Waals surface area contributed by atoms with Crippen molar-refractivity contribution < 1.29 is 4.74 Å². The highest BCUT2D eigenvalue weighted by molar-refractivity contribution is 5.45. The molecule has 2 aromatic rings. The normalized spacial score (nSPS) is 25.8. The number of likely N-dealkylation sites (tertiary alicyclic amines) is 1. The summed E-state index contributed by atoms with van der Waals surface area (Å²) >= 11 is 0. The van der Waals surface area contributed by atoms with Gasteiger partial charge in [0, 0.05) is 44.3 Å². The van der Waals surface area contributed by atoms with Crippen molar-refractivity contribution in [2.45, 2.75) is 31.5 Å². The van der Waals surface area contributed by atoms with E-state index in [1.54, 1.807) is 0 Å². The molecule has 4 rings (SSSR count). The third-order valence-corrected chi connectivity index (χ3v) is 5.00. The molecule has 0 aromatic carbocycles. The summed E-state index contributed by atoms with van der Waals surface area (Å²) in [7, 11) is 0. The second-order valence-corrected chi connectivity index (χ2v) is 6.43. The lowest BCUT2D eigenvalue weighted by Crippen LogP contribution is -2.51. The molecule has 2 atom stereocenters. The van der Waals surface area contributed by atoms with Crippen molar-refractivity contribution in [3.05, 3.63) is 48.5 Å². The van der Waals surface area contributed by atoms with E-state index in [-0.39, 0.29) is 0 Å². The molecule has 2 aliphatic rings. The molecule has 0 radical (unpaired) electrons. The molecule has 2 fully saturated rings. The Hall–Kier alpha value is -1.85. The maximum Gasteiger partial charge on any atom is 0.0791 e. The molecule has 5 nitrogen and oxygen atoms in total. The van der Waals surface area contributed by atoms with Crippen LogP contribution in [0.15, 0.2) is 42.9 Å². The van der Waals surface area contributed by atoms with Gasteiger partial charge in [-0.25, -0.2) is 0 Å². The van der Waals surface area contributed by atoms with Gasteiger partial charge in [0.25, 0.3) is 0 Å². The number of aromatic amines is 1. The van der Waals surface area contributed by atoms with Crippen molar-refractivity contribution in [2.75, 3.05) is 31.1 Å². The SMILES string of the molecule is c1cncc(N2CCO[C@H]3CCN(Cc4ccc[nH]4)CC[C@@H]32)c1. The summed E-state index contributed by atoms with van der Waals surface area (Å²) in [4.78, 5) is 12.6. The van der Waals surface area contributed by atoms with Crippen molar-refractivity contribution in [2.24, 2.45) is 0 Å². The fraction of sp³-hybridized carbons (Fsp3) is 0.500. The fourth-order valence-corrected chi connectivity index (χ4v) is 3.84. The number of hydrogen-bond donors (Lipinski definition) is 1. The van der Waals surface area contributed by atoms with Crippen LogP contribution in [-0.2, 0) is 11.3 Å². The first-order valence-electron chi connectivity index (χ1n) is 8.53. The average molecular weight is 312 g/mol. The molecule has 0 spiro atoms. The molecular formula is C18H24N4O. The molecule has 0 aliphatic carbocycles. The van der Waals surface area contributed by atoms with Crippen LogP contribution in [-0.4, -0.2) is 53.3 Å². The Kier molecular flexibility index (Phi) is 4.30. The van der Waals surface area contributed by atoms with Crippen molar-refractivity contribution in [3.8, 4) is 0 Å². The second-order valence-electron chi connectivity index (χ2n) is 6.43. The van der Waals surface area contributed by atoms with Crippen LogP contribution >= 0.6 is 0 Å². The number of pyridine rings is 1. The summed E-state index contributed by atoms with van der Waals surface area (Å²) < 4.78 is 6.10. The minimum atomic E-state index is 0.331. The van der Waals surface area contributed by atoms with Gasteiger partial charge in [0.2, 0.25) is 0 Å². The van der Waals surface area contributed by atoms with Gasteiger partial charge in [-0.15, -0.1) is 0 Å². The van der Waals surface area contributed by atoms with Crippen LogP contribution in [0.3, 0.4) is 0 Å². The Balaban J connectivity index is 1.47. The molecule has 0 saturated carbocycles. The largest absolute Gasteiger partial charge is 0.374 e. The third kappa shape index (κ3) is 3.26. The van der Waals surface area contributed by atoms with E-state index < -0.39 is 0 Å². The van der Waals surface area contributed by atoms with Gasteiger partial charge in [-0.2, -0.15) is 0 Å². The van der Waals surface area contributed by atoms with Gasteiger partial charge in [0.05, 0.1) is 30.6 Å². The Morgan fingerprint density at radius 1 is 1.17 bits per heavy atom. The van der Waals surface area contributed by atoms with Gasteiger partial charge < -0.3 is 14.6 Å². The summed E-state index contributed by atoms with van der Waals surface area (Å²) in [6, 6.07) is 8.88. The predicted molar refractivity (Wildman–Crippen MR) is 90.4 cm³/mol. The molecule has 0 unspecified atom stereocenters. The number of ether oxygens (including phenoxy) is 1. The zero-order valence-electron chi connectivity index (χ0n) is 13.4. The lowest BCUT2D eigenvalue weighted by molar-refractivity contribution is 0.00892. The third-order valence-electron chi connectivity index (χ3n) is 5.00. The molecule has 2 aliphatic heterocycles. The number of aromatic nitrogens is 2. The Morgan fingerprint density at radius 3 is 2.96 bits per heavy atom. The zero-order valence-corrected chi connectivity index (χ0v) is 13.4. The number of hydrogen-bond acceptors (Lipinski definition) is 4. The van der Waals surface area contributed by atoms with Crippen LogP contribution in [0.4, 0.5) is 5.69 Å². The second kappa shape index (κ2) is 6.72. The zero-order chi connectivity index (χ0) is 15.5. The Bertz CT molecular complexity index is 601. The number of rotatable bonds is 3. The van der Waals surface area contributed by atoms with E-state index in [9.17, 15) is 0 Å². The van der Waals surface area contributed by atoms with Crippen molar-refractivity contribution in [1.29, 1.82) is 0 Å². The highest BCUT2D eigenvalue weighted by Crippen LogP contribution is 2.28. The quantitative estimate of drug-likeness (QED) is 0.944. The summed E-state index contributed by atoms with van der Waals surface area (Å²) in [5, 5.41) is 0. The maximum atomic E-state index is 6.10. The lowest BCUT2D eigenvalue weighted by Gasteiger charge is -2.41. The smallest absolute Gasteiger partial charge is 0.0791 e. The first-order chi connectivity index (χ1) is 11.4. The van der Waals surface area contributed by atoms with Crippen LogP contribution in [0, 0.1) is 0 Å². The molecule has 1 N–H and O–H groups in total. The summed E-state index contributed by atoms with van der Waals surface area (Å²) in [5.41, 5.74) is 2.52. The van der Waals surface area contributed by atoms with E-state index in [1.165, 1.54) is 11.4 Å². The minimum absolute atomic E-state index is 0.331. The molecule has 0 bridgehead atoms. The van der Waals surface area contributed by atoms with Gasteiger partial charge >= 0.3 is 0 Å². The predicted octanol–water partition coefficient (Wildman–Crippen LogP) is 2.28. The van der Waals surface area contributed by atoms with E-state index in [1.807, 2.05) is 24.7 Å². The van der Waals surface area contributed by atoms with Crippen LogP contribution in [0.5, 0.6) is 0 Å². The van der Waals surface area contributed by atoms with E-state index in [0.29, 0.717) is 12.1 Å². The van der Waals surface area contributed by atoms with Gasteiger partial charge in [-0.3, -0.25) is 9.88 Å². The molecule has 5 heteroatoms. The fourth-order valence-electron chi connectivity index (χ4n) is 3.84. The van der Waals surface area contributed by atoms with E-state index in [4.69, 9.17) is 4.74 Å². The van der Waals surface area contributed by atoms with Gasteiger partial charge in [0.15, 0.2) is 0 Å². The topological polar surface area (TPSA) is 44.4 Å². The Morgan fingerprint density at radius 2 is 2.13 bits per heavy atom. The number of anilines is 1. The number of fused-ring (bicyclic) bond motifs is 1. The first kappa shape index (κ1) is 14.7. The van der Waals surface area contributed by atoms with E-state index >= 15 is 0 Å². The van der Waals surface area contributed by atoms with E-state index in [2.05, 4.69) is 38.0 Å². The van der Waals surface area contributed by atoms with Crippen LogP contribution in [0.25, 0.3) is 0 Å². The van der Waals surface area contributed by atoms with Crippen molar-refractivity contribution in [3.63, 3.8) is 0 Å². The molecule has 2 aromatic heterocycles. The van der Waals surface area contributed by atoms with Gasteiger partial charge in [0.1, 0.15) is 0 Å². The lowest BCUT2D eigenvalue weighted by atomic mass is 10.0. The van der Waals surface area contributed by atoms with Crippen LogP contribution in [0.1, 0.15) is 18.5 Å². The number of morpholine rings is 1. The standard InChI is InChI=1S/C18H24N4O/c1-3-15(20-8-1)14-21-9-5-17-18(6-10-21)23-12-11-22(17)16-4-2-7-19-13-16/h1-4,7-8,13,17-18,20H,5-6,9-12,14H2/t17-,18-/m0/s1. The van der Waals surface area contributed by atoms with Crippen LogP contribution in [0.2, 0.25) is 0 Å². The average Bonchev–Trinajstić information content (AvgIpc) is 3.02. The Labute approximate surface area is 137 Å². The van der Waals surface area contributed by atoms with Gasteiger partial charge in [-0.1, -0.05) is 0 Å². The highest BCUT2D eigenvalue weighted by atomic mass is 16.5. The first-order valence-corrected chi connectivity index (χ1v) is 8.53. The maximum absolute atomic E-state index is 6.10. The molecule has 122 valence electrons. The molecule has 23 heavy (non-hydrogen) atoms. The molecular weight excluding hydrogens is 288 g/mol. The summed E-state index contributed by atoms with van der Waals surface area (Å²) in [6.07, 6.45) is 8.39. The minimum Gasteiger partial charge on any atom is -0.374 e. The van der Waals surface area contributed by atoms with Crippen LogP contribution < -0.4 is 4.90 Å². The molecule has 4 heterocycles. The highest BCUT2D eigenvalue weighted by Gasteiger charge is 2.34.